The van der Waals surface area contributed by atoms with Gasteiger partial charge in [-0.15, -0.1) is 0 Å². The van der Waals surface area contributed by atoms with Crippen molar-refractivity contribution in [1.29, 1.82) is 5.26 Å². The lowest BCUT2D eigenvalue weighted by molar-refractivity contribution is 0.340. The van der Waals surface area contributed by atoms with E-state index in [1.165, 1.54) is 0 Å². The molecule has 0 amide bonds. The molecule has 114 valence electrons. The fourth-order valence-corrected chi connectivity index (χ4v) is 2.58. The fraction of sp³-hybridized carbons (Fsp3) is 0.158. The Morgan fingerprint density at radius 2 is 2.04 bits per heavy atom. The number of aromatic nitrogens is 1. The molecule has 0 unspecified atom stereocenters. The number of benzene rings is 2. The van der Waals surface area contributed by atoms with Crippen LogP contribution >= 0.6 is 0 Å². The summed E-state index contributed by atoms with van der Waals surface area (Å²) in [5.74, 6) is 0.763. The van der Waals surface area contributed by atoms with E-state index in [1.54, 1.807) is 29.0 Å². The molecule has 1 aromatic heterocycles. The molecular weight excluding hydrogens is 288 g/mol. The molecule has 1 heterocycles. The maximum atomic E-state index is 12.6. The first-order chi connectivity index (χ1) is 11.2. The van der Waals surface area contributed by atoms with E-state index in [-0.39, 0.29) is 5.56 Å². The molecular formula is C19H16N2O2. The van der Waals surface area contributed by atoms with Crippen LogP contribution in [-0.4, -0.2) is 11.2 Å². The summed E-state index contributed by atoms with van der Waals surface area (Å²) in [6, 6.07) is 16.8. The predicted octanol–water partition coefficient (Wildman–Crippen LogP) is 3.32. The van der Waals surface area contributed by atoms with Crippen molar-refractivity contribution in [3.63, 3.8) is 0 Å². The fourth-order valence-electron chi connectivity index (χ4n) is 2.58. The zero-order valence-corrected chi connectivity index (χ0v) is 12.8. The van der Waals surface area contributed by atoms with Crippen LogP contribution in [0.25, 0.3) is 10.8 Å². The summed E-state index contributed by atoms with van der Waals surface area (Å²) in [5, 5.41) is 10.5. The van der Waals surface area contributed by atoms with E-state index in [4.69, 9.17) is 10.00 Å². The maximum Gasteiger partial charge on any atom is 0.258 e. The topological polar surface area (TPSA) is 55.0 Å². The molecule has 0 N–H and O–H groups in total. The van der Waals surface area contributed by atoms with Crippen LogP contribution in [0.1, 0.15) is 18.1 Å². The summed E-state index contributed by atoms with van der Waals surface area (Å²) in [6.45, 7) is 2.97. The molecule has 0 saturated heterocycles. The Morgan fingerprint density at radius 3 is 2.83 bits per heavy atom. The van der Waals surface area contributed by atoms with Crippen molar-refractivity contribution in [3.05, 3.63) is 76.2 Å². The van der Waals surface area contributed by atoms with E-state index >= 15 is 0 Å². The van der Waals surface area contributed by atoms with Crippen molar-refractivity contribution in [2.45, 2.75) is 13.5 Å². The third-order valence-electron chi connectivity index (χ3n) is 3.67. The van der Waals surface area contributed by atoms with Crippen molar-refractivity contribution in [2.75, 3.05) is 6.61 Å². The second-order valence-electron chi connectivity index (χ2n) is 5.24. The van der Waals surface area contributed by atoms with E-state index in [0.717, 1.165) is 16.7 Å². The summed E-state index contributed by atoms with van der Waals surface area (Å²) < 4.78 is 7.12. The van der Waals surface area contributed by atoms with Crippen LogP contribution in [0, 0.1) is 11.3 Å². The third kappa shape index (κ3) is 3.09. The largest absolute Gasteiger partial charge is 0.494 e. The third-order valence-corrected chi connectivity index (χ3v) is 3.67. The van der Waals surface area contributed by atoms with Crippen molar-refractivity contribution in [3.8, 4) is 11.8 Å². The van der Waals surface area contributed by atoms with Crippen LogP contribution in [0.4, 0.5) is 0 Å². The van der Waals surface area contributed by atoms with Crippen molar-refractivity contribution < 1.29 is 4.74 Å². The lowest BCUT2D eigenvalue weighted by Crippen LogP contribution is -2.20. The quantitative estimate of drug-likeness (QED) is 0.743. The Morgan fingerprint density at radius 1 is 1.17 bits per heavy atom. The van der Waals surface area contributed by atoms with Gasteiger partial charge < -0.3 is 9.30 Å². The van der Waals surface area contributed by atoms with E-state index in [0.29, 0.717) is 24.1 Å². The standard InChI is InChI=1S/C19H16N2O2/c1-2-23-17-6-7-18-16(11-17)8-9-21(19(18)22)13-15-5-3-4-14(10-15)12-20/h3-11H,2,13H2,1H3. The Kier molecular flexibility index (Phi) is 4.11. The van der Waals surface area contributed by atoms with E-state index in [9.17, 15) is 4.79 Å². The molecule has 4 nitrogen and oxygen atoms in total. The highest BCUT2D eigenvalue weighted by molar-refractivity contribution is 5.82. The highest BCUT2D eigenvalue weighted by Gasteiger charge is 2.05. The maximum absolute atomic E-state index is 12.6. The Labute approximate surface area is 134 Å². The van der Waals surface area contributed by atoms with Gasteiger partial charge in [0.2, 0.25) is 0 Å². The minimum Gasteiger partial charge on any atom is -0.494 e. The van der Waals surface area contributed by atoms with Gasteiger partial charge in [0.05, 0.1) is 24.8 Å². The Bertz CT molecular complexity index is 951. The first-order valence-electron chi connectivity index (χ1n) is 7.46. The average molecular weight is 304 g/mol. The molecule has 23 heavy (non-hydrogen) atoms. The van der Waals surface area contributed by atoms with E-state index < -0.39 is 0 Å². The van der Waals surface area contributed by atoms with Gasteiger partial charge in [0.1, 0.15) is 5.75 Å². The number of rotatable bonds is 4. The first kappa shape index (κ1) is 14.9. The van der Waals surface area contributed by atoms with Gasteiger partial charge in [0.15, 0.2) is 0 Å². The summed E-state index contributed by atoms with van der Waals surface area (Å²) in [6.07, 6.45) is 1.78. The van der Waals surface area contributed by atoms with Crippen LogP contribution in [0.15, 0.2) is 59.5 Å². The molecule has 0 spiro atoms. The summed E-state index contributed by atoms with van der Waals surface area (Å²) in [4.78, 5) is 12.6. The number of fused-ring (bicyclic) bond motifs is 1. The van der Waals surface area contributed by atoms with Gasteiger partial charge in [-0.1, -0.05) is 12.1 Å². The van der Waals surface area contributed by atoms with Crippen LogP contribution < -0.4 is 10.3 Å². The molecule has 0 aliphatic heterocycles. The van der Waals surface area contributed by atoms with Crippen molar-refractivity contribution in [2.24, 2.45) is 0 Å². The molecule has 0 fully saturated rings. The highest BCUT2D eigenvalue weighted by atomic mass is 16.5. The number of hydrogen-bond donors (Lipinski definition) is 0. The molecule has 0 atom stereocenters. The van der Waals surface area contributed by atoms with E-state index in [2.05, 4.69) is 6.07 Å². The Hall–Kier alpha value is -3.06. The van der Waals surface area contributed by atoms with Crippen molar-refractivity contribution >= 4 is 10.8 Å². The molecule has 0 radical (unpaired) electrons. The second-order valence-corrected chi connectivity index (χ2v) is 5.24. The van der Waals surface area contributed by atoms with Gasteiger partial charge in [-0.2, -0.15) is 5.26 Å². The van der Waals surface area contributed by atoms with Crippen LogP contribution in [0.2, 0.25) is 0 Å². The molecule has 2 aromatic carbocycles. The minimum absolute atomic E-state index is 0.0482. The molecule has 0 saturated carbocycles. The number of nitrogens with zero attached hydrogens (tertiary/aromatic N) is 2. The lowest BCUT2D eigenvalue weighted by atomic mass is 10.1. The smallest absolute Gasteiger partial charge is 0.258 e. The molecule has 0 bridgehead atoms. The van der Waals surface area contributed by atoms with Gasteiger partial charge in [0, 0.05) is 11.6 Å². The SMILES string of the molecule is CCOc1ccc2c(=O)n(Cc3cccc(C#N)c3)ccc2c1. The second kappa shape index (κ2) is 6.37. The highest BCUT2D eigenvalue weighted by Crippen LogP contribution is 2.18. The van der Waals surface area contributed by atoms with Crippen LogP contribution in [-0.2, 0) is 6.54 Å². The number of nitriles is 1. The number of hydrogen-bond acceptors (Lipinski definition) is 3. The van der Waals surface area contributed by atoms with Crippen LogP contribution in [0.3, 0.4) is 0 Å². The van der Waals surface area contributed by atoms with Gasteiger partial charge in [-0.3, -0.25) is 4.79 Å². The van der Waals surface area contributed by atoms with E-state index in [1.807, 2.05) is 37.3 Å². The number of ether oxygens (including phenoxy) is 1. The van der Waals surface area contributed by atoms with Gasteiger partial charge >= 0.3 is 0 Å². The van der Waals surface area contributed by atoms with Crippen molar-refractivity contribution in [1.82, 2.24) is 4.57 Å². The molecule has 0 aliphatic rings. The Balaban J connectivity index is 1.99. The number of pyridine rings is 1. The average Bonchev–Trinajstić information content (AvgIpc) is 2.58. The summed E-state index contributed by atoms with van der Waals surface area (Å²) in [7, 11) is 0. The van der Waals surface area contributed by atoms with Gasteiger partial charge in [-0.25, -0.2) is 0 Å². The van der Waals surface area contributed by atoms with Gasteiger partial charge in [-0.05, 0) is 54.3 Å². The minimum atomic E-state index is -0.0482. The predicted molar refractivity (Wildman–Crippen MR) is 89.6 cm³/mol. The molecule has 3 rings (SSSR count). The summed E-state index contributed by atoms with van der Waals surface area (Å²) in [5.41, 5.74) is 1.47. The molecule has 3 aromatic rings. The summed E-state index contributed by atoms with van der Waals surface area (Å²) >= 11 is 0. The zero-order chi connectivity index (χ0) is 16.2. The first-order valence-corrected chi connectivity index (χ1v) is 7.46. The molecule has 0 aliphatic carbocycles. The lowest BCUT2D eigenvalue weighted by Gasteiger charge is -2.09. The normalized spacial score (nSPS) is 10.4. The zero-order valence-electron chi connectivity index (χ0n) is 12.8. The van der Waals surface area contributed by atoms with Gasteiger partial charge in [0.25, 0.3) is 5.56 Å². The monoisotopic (exact) mass is 304 g/mol. The van der Waals surface area contributed by atoms with Crippen LogP contribution in [0.5, 0.6) is 5.75 Å². The molecule has 4 heteroatoms.